The van der Waals surface area contributed by atoms with Gasteiger partial charge in [-0.3, -0.25) is 24.1 Å². The quantitative estimate of drug-likeness (QED) is 0.176. The topological polar surface area (TPSA) is 147 Å². The third-order valence-electron chi connectivity index (χ3n) is 10.2. The van der Waals surface area contributed by atoms with Crippen molar-refractivity contribution < 1.29 is 28.7 Å². The summed E-state index contributed by atoms with van der Waals surface area (Å²) in [4.78, 5) is 59.8. The van der Waals surface area contributed by atoms with Crippen LogP contribution in [-0.4, -0.2) is 123 Å². The summed E-state index contributed by atoms with van der Waals surface area (Å²) in [5.74, 6) is -0.718. The number of anilines is 1. The number of nitrogens with two attached hydrogens (primary N) is 1. The molecular formula is C38H66N6O6. The molecule has 1 aromatic carbocycles. The first-order valence-corrected chi connectivity index (χ1v) is 18.3. The van der Waals surface area contributed by atoms with E-state index in [9.17, 15) is 19.2 Å². The van der Waals surface area contributed by atoms with Crippen LogP contribution in [0.4, 0.5) is 5.69 Å². The molecule has 2 rings (SSSR count). The van der Waals surface area contributed by atoms with E-state index in [-0.39, 0.29) is 66.3 Å². The van der Waals surface area contributed by atoms with Crippen LogP contribution >= 0.6 is 0 Å². The standard InChI is InChI=1S/C38H66N6O6/c1-12-26(6)36(43(9)38(48)34(24(2)3)41-37(47)35(25(4)5)42(7)8)31(50-11)23-33(46)44-21-13-14-29(44)30(49-10)22-32(45)40-20-19-27-15-17-28(39)18-16-27/h15-18,24-26,29-31,34-36H,12-14,19-23,39H2,1-11H3,(H,40,45)(H,41,47). The van der Waals surface area contributed by atoms with Gasteiger partial charge in [-0.15, -0.1) is 0 Å². The van der Waals surface area contributed by atoms with Crippen molar-refractivity contribution in [1.29, 1.82) is 0 Å². The van der Waals surface area contributed by atoms with Crippen molar-refractivity contribution >= 4 is 29.3 Å². The second-order valence-electron chi connectivity index (χ2n) is 14.8. The zero-order chi connectivity index (χ0) is 37.7. The van der Waals surface area contributed by atoms with Crippen LogP contribution in [0.3, 0.4) is 0 Å². The molecule has 1 saturated heterocycles. The van der Waals surface area contributed by atoms with E-state index in [1.165, 1.54) is 0 Å². The summed E-state index contributed by atoms with van der Waals surface area (Å²) in [5, 5.41) is 6.02. The summed E-state index contributed by atoms with van der Waals surface area (Å²) >= 11 is 0. The minimum Gasteiger partial charge on any atom is -0.399 e. The fourth-order valence-electron chi connectivity index (χ4n) is 7.27. The number of hydrogen-bond acceptors (Lipinski definition) is 8. The van der Waals surface area contributed by atoms with E-state index in [1.807, 2.05) is 75.9 Å². The third-order valence-corrected chi connectivity index (χ3v) is 10.2. The molecule has 284 valence electrons. The SMILES string of the molecule is CCC(C)C(C(CC(=O)N1CCCC1C(CC(=O)NCCc1ccc(N)cc1)OC)OC)N(C)C(=O)C(NC(=O)C(C(C)C)N(C)C)C(C)C. The molecule has 12 heteroatoms. The first-order chi connectivity index (χ1) is 23.6. The number of carbonyl (C=O) groups is 4. The van der Waals surface area contributed by atoms with E-state index in [1.54, 1.807) is 26.2 Å². The monoisotopic (exact) mass is 703 g/mol. The summed E-state index contributed by atoms with van der Waals surface area (Å²) in [5.41, 5.74) is 7.55. The number of benzene rings is 1. The molecule has 4 amide bonds. The number of likely N-dealkylation sites (N-methyl/N-ethyl adjacent to an activating group) is 2. The van der Waals surface area contributed by atoms with Crippen LogP contribution < -0.4 is 16.4 Å². The molecule has 1 fully saturated rings. The van der Waals surface area contributed by atoms with E-state index in [4.69, 9.17) is 15.2 Å². The van der Waals surface area contributed by atoms with Gasteiger partial charge in [0, 0.05) is 40.0 Å². The predicted octanol–water partition coefficient (Wildman–Crippen LogP) is 3.33. The van der Waals surface area contributed by atoms with E-state index in [0.29, 0.717) is 25.2 Å². The highest BCUT2D eigenvalue weighted by molar-refractivity contribution is 5.90. The van der Waals surface area contributed by atoms with Gasteiger partial charge in [0.15, 0.2) is 0 Å². The lowest BCUT2D eigenvalue weighted by Crippen LogP contribution is -2.59. The van der Waals surface area contributed by atoms with Gasteiger partial charge in [0.05, 0.1) is 43.2 Å². The van der Waals surface area contributed by atoms with Crippen molar-refractivity contribution in [3.8, 4) is 0 Å². The molecule has 0 aliphatic carbocycles. The van der Waals surface area contributed by atoms with Crippen molar-refractivity contribution in [3.05, 3.63) is 29.8 Å². The average Bonchev–Trinajstić information content (AvgIpc) is 3.55. The second-order valence-corrected chi connectivity index (χ2v) is 14.8. The molecule has 50 heavy (non-hydrogen) atoms. The number of carbonyl (C=O) groups excluding carboxylic acids is 4. The van der Waals surface area contributed by atoms with Gasteiger partial charge >= 0.3 is 0 Å². The smallest absolute Gasteiger partial charge is 0.245 e. The summed E-state index contributed by atoms with van der Waals surface area (Å²) < 4.78 is 11.8. The molecule has 0 spiro atoms. The molecule has 1 aliphatic rings. The Hall–Kier alpha value is -3.22. The Morgan fingerprint density at radius 3 is 2.12 bits per heavy atom. The maximum Gasteiger partial charge on any atom is 0.245 e. The number of nitrogen functional groups attached to an aromatic ring is 1. The highest BCUT2D eigenvalue weighted by Gasteiger charge is 2.41. The Bertz CT molecular complexity index is 1220. The highest BCUT2D eigenvalue weighted by atomic mass is 16.5. The minimum absolute atomic E-state index is 0.00781. The zero-order valence-electron chi connectivity index (χ0n) is 32.5. The van der Waals surface area contributed by atoms with Gasteiger partial charge in [-0.25, -0.2) is 0 Å². The van der Waals surface area contributed by atoms with Gasteiger partial charge in [-0.1, -0.05) is 60.1 Å². The highest BCUT2D eigenvalue weighted by Crippen LogP contribution is 2.28. The molecule has 0 bridgehead atoms. The first-order valence-electron chi connectivity index (χ1n) is 18.3. The number of amides is 4. The largest absolute Gasteiger partial charge is 0.399 e. The predicted molar refractivity (Wildman–Crippen MR) is 198 cm³/mol. The van der Waals surface area contributed by atoms with Crippen LogP contribution in [0.25, 0.3) is 0 Å². The van der Waals surface area contributed by atoms with Crippen LogP contribution in [-0.2, 0) is 35.1 Å². The Kier molecular flexibility index (Phi) is 17.7. The van der Waals surface area contributed by atoms with Crippen molar-refractivity contribution in [2.24, 2.45) is 17.8 Å². The van der Waals surface area contributed by atoms with Crippen molar-refractivity contribution in [2.45, 2.75) is 116 Å². The van der Waals surface area contributed by atoms with E-state index < -0.39 is 24.3 Å². The van der Waals surface area contributed by atoms with Crippen LogP contribution in [0.5, 0.6) is 0 Å². The maximum absolute atomic E-state index is 14.1. The number of ether oxygens (including phenoxy) is 2. The fourth-order valence-corrected chi connectivity index (χ4v) is 7.27. The Labute approximate surface area is 301 Å². The lowest BCUT2D eigenvalue weighted by atomic mass is 9.89. The molecular weight excluding hydrogens is 636 g/mol. The summed E-state index contributed by atoms with van der Waals surface area (Å²) in [6, 6.07) is 5.80. The number of hydrogen-bond donors (Lipinski definition) is 3. The first kappa shape index (κ1) is 42.9. The lowest BCUT2D eigenvalue weighted by Gasteiger charge is -2.41. The molecule has 7 atom stereocenters. The van der Waals surface area contributed by atoms with Crippen molar-refractivity contribution in [1.82, 2.24) is 25.3 Å². The summed E-state index contributed by atoms with van der Waals surface area (Å²) in [6.45, 7) is 13.0. The van der Waals surface area contributed by atoms with E-state index >= 15 is 0 Å². The third kappa shape index (κ3) is 11.9. The molecule has 7 unspecified atom stereocenters. The van der Waals surface area contributed by atoms with Gasteiger partial charge in [0.25, 0.3) is 0 Å². The number of nitrogens with one attached hydrogen (secondary N) is 2. The van der Waals surface area contributed by atoms with Gasteiger partial charge in [-0.2, -0.15) is 0 Å². The number of methoxy groups -OCH3 is 2. The van der Waals surface area contributed by atoms with Gasteiger partial charge < -0.3 is 35.6 Å². The van der Waals surface area contributed by atoms with E-state index in [0.717, 1.165) is 24.8 Å². The Morgan fingerprint density at radius 2 is 1.60 bits per heavy atom. The van der Waals surface area contributed by atoms with Gasteiger partial charge in [0.1, 0.15) is 6.04 Å². The Balaban J connectivity index is 2.16. The van der Waals surface area contributed by atoms with Crippen LogP contribution in [0.2, 0.25) is 0 Å². The average molecular weight is 703 g/mol. The molecule has 0 aromatic heterocycles. The van der Waals surface area contributed by atoms with Crippen LogP contribution in [0.1, 0.15) is 79.2 Å². The van der Waals surface area contributed by atoms with Gasteiger partial charge in [0.2, 0.25) is 23.6 Å². The minimum atomic E-state index is -0.739. The summed E-state index contributed by atoms with van der Waals surface area (Å²) in [6.07, 6.45) is 2.15. The zero-order valence-corrected chi connectivity index (χ0v) is 32.5. The molecule has 0 saturated carbocycles. The van der Waals surface area contributed by atoms with Crippen LogP contribution in [0.15, 0.2) is 24.3 Å². The number of nitrogens with zero attached hydrogens (tertiary/aromatic N) is 3. The summed E-state index contributed by atoms with van der Waals surface area (Å²) in [7, 11) is 8.62. The van der Waals surface area contributed by atoms with Crippen molar-refractivity contribution in [3.63, 3.8) is 0 Å². The second kappa shape index (κ2) is 20.6. The maximum atomic E-state index is 14.1. The Morgan fingerprint density at radius 1 is 0.960 bits per heavy atom. The number of likely N-dealkylation sites (tertiary alicyclic amines) is 1. The molecule has 12 nitrogen and oxygen atoms in total. The number of rotatable bonds is 20. The molecule has 1 heterocycles. The van der Waals surface area contributed by atoms with Crippen molar-refractivity contribution in [2.75, 3.05) is 54.2 Å². The molecule has 1 aromatic rings. The normalized spacial score (nSPS) is 18.4. The molecule has 0 radical (unpaired) electrons. The van der Waals surface area contributed by atoms with Crippen LogP contribution in [0, 0.1) is 17.8 Å². The molecule has 1 aliphatic heterocycles. The lowest BCUT2D eigenvalue weighted by molar-refractivity contribution is -0.147. The fraction of sp³-hybridized carbons (Fsp3) is 0.737. The molecule has 4 N–H and O–H groups in total. The van der Waals surface area contributed by atoms with E-state index in [2.05, 4.69) is 24.5 Å². The van der Waals surface area contributed by atoms with Gasteiger partial charge in [-0.05, 0) is 68.8 Å².